The molecule has 13 nitrogen and oxygen atoms in total. The van der Waals surface area contributed by atoms with E-state index in [-0.39, 0.29) is 75.5 Å². The first kappa shape index (κ1) is 43.2. The molecule has 0 saturated heterocycles. The van der Waals surface area contributed by atoms with E-state index >= 15 is 4.79 Å². The molecular weight excluding hydrogens is 939 g/mol. The van der Waals surface area contributed by atoms with Crippen molar-refractivity contribution in [2.75, 3.05) is 0 Å². The summed E-state index contributed by atoms with van der Waals surface area (Å²) in [6.07, 6.45) is 0.447. The summed E-state index contributed by atoms with van der Waals surface area (Å²) in [6, 6.07) is 43.9. The number of ketones is 4. The molecule has 71 heavy (non-hydrogen) atoms. The molecular formula is C56H33N3O10S2. The van der Waals surface area contributed by atoms with Crippen molar-refractivity contribution < 1.29 is 47.8 Å². The number of ether oxygens (including phenoxy) is 3. The monoisotopic (exact) mass is 971 g/mol. The lowest BCUT2D eigenvalue weighted by Crippen LogP contribution is -2.18. The number of fused-ring (bicyclic) bond motifs is 9. The van der Waals surface area contributed by atoms with Crippen LogP contribution in [0.4, 0.5) is 14.4 Å². The van der Waals surface area contributed by atoms with Crippen LogP contribution in [-0.4, -0.2) is 55.1 Å². The lowest BCUT2D eigenvalue weighted by atomic mass is 10.1. The molecule has 0 unspecified atom stereocenters. The molecule has 0 atom stereocenters. The minimum absolute atomic E-state index is 0.0861. The van der Waals surface area contributed by atoms with Crippen molar-refractivity contribution in [1.29, 1.82) is 0 Å². The standard InChI is InChI=1S/C56H33N3O10S2/c60-48-38-22-12-10-20-36(38)40(50(48)62)24-34-26-42-44(57(34)54(64)67-28-31-14-4-1-5-15-31)46-52(70-42)53-47(59(46)56(66)69-30-33-18-8-3-9-19-33)45-43(71-53)27-35(58(45)55(65)68-29-32-16-6-2-7-17-32)25-41-37-21-11-13-23-39(37)49(61)51(41)63/h1-27H,28-30H2/b40-24-,41-25-. The van der Waals surface area contributed by atoms with Gasteiger partial charge >= 0.3 is 18.3 Å². The van der Waals surface area contributed by atoms with Crippen molar-refractivity contribution in [2.45, 2.75) is 19.8 Å². The summed E-state index contributed by atoms with van der Waals surface area (Å²) in [6.45, 7) is -0.371. The number of benzene rings is 5. The van der Waals surface area contributed by atoms with Gasteiger partial charge in [-0.05, 0) is 52.1 Å². The summed E-state index contributed by atoms with van der Waals surface area (Å²) in [5.74, 6) is -2.82. The summed E-state index contributed by atoms with van der Waals surface area (Å²) in [5, 5.41) is 0. The Morgan fingerprint density at radius 3 is 1.08 bits per heavy atom. The van der Waals surface area contributed by atoms with Crippen LogP contribution in [0.1, 0.15) is 59.9 Å². The SMILES string of the molecule is O=C1C(=O)c2ccccc2/C1=C/c1cc2sc3c4sc5cc(/C=C6\C(=O)C(=O)c7ccccc76)n(C(=O)OCc6ccccc6)c5c4n(C(=O)OCc4ccccc4)c3c2n1C(=O)OCc1ccccc1. The van der Waals surface area contributed by atoms with E-state index in [1.165, 1.54) is 48.5 Å². The zero-order valence-corrected chi connectivity index (χ0v) is 38.6. The Morgan fingerprint density at radius 1 is 0.394 bits per heavy atom. The van der Waals surface area contributed by atoms with E-state index < -0.39 is 41.4 Å². The van der Waals surface area contributed by atoms with Gasteiger partial charge in [0.15, 0.2) is 0 Å². The lowest BCUT2D eigenvalue weighted by molar-refractivity contribution is -0.110. The highest BCUT2D eigenvalue weighted by molar-refractivity contribution is 7.33. The Bertz CT molecular complexity index is 3790. The lowest BCUT2D eigenvalue weighted by Gasteiger charge is -2.12. The summed E-state index contributed by atoms with van der Waals surface area (Å²) >= 11 is 2.54. The Balaban J connectivity index is 1.12. The number of hydrogen-bond donors (Lipinski definition) is 0. The topological polar surface area (TPSA) is 162 Å². The number of rotatable bonds is 8. The minimum Gasteiger partial charge on any atom is -0.444 e. The van der Waals surface area contributed by atoms with Crippen molar-refractivity contribution in [3.8, 4) is 0 Å². The molecule has 344 valence electrons. The Labute approximate surface area is 409 Å². The molecule has 0 radical (unpaired) electrons. The molecule has 5 aromatic carbocycles. The Hall–Kier alpha value is -9.05. The second-order valence-corrected chi connectivity index (χ2v) is 18.9. The van der Waals surface area contributed by atoms with E-state index in [1.54, 1.807) is 84.9 Å². The maximum atomic E-state index is 15.1. The van der Waals surface area contributed by atoms with Crippen molar-refractivity contribution in [3.05, 3.63) is 202 Å². The molecule has 0 saturated carbocycles. The molecule has 10 aromatic rings. The quantitative estimate of drug-likeness (QED) is 0.0814. The van der Waals surface area contributed by atoms with Gasteiger partial charge in [0.05, 0.1) is 52.3 Å². The van der Waals surface area contributed by atoms with E-state index in [0.29, 0.717) is 46.6 Å². The number of thiophene rings is 2. The van der Waals surface area contributed by atoms with Gasteiger partial charge in [0, 0.05) is 22.3 Å². The highest BCUT2D eigenvalue weighted by Crippen LogP contribution is 2.49. The van der Waals surface area contributed by atoms with Gasteiger partial charge in [-0.15, -0.1) is 22.7 Å². The average molecular weight is 972 g/mol. The number of aromatic nitrogens is 3. The predicted molar refractivity (Wildman–Crippen MR) is 270 cm³/mol. The number of Topliss-reactive ketones (excluding diaryl/α,β-unsaturated/α-hetero) is 4. The fraction of sp³-hybridized carbons (Fsp3) is 0.0536. The molecule has 15 heteroatoms. The van der Waals surface area contributed by atoms with Crippen LogP contribution in [0, 0.1) is 0 Å². The van der Waals surface area contributed by atoms with Crippen LogP contribution in [0.15, 0.2) is 152 Å². The summed E-state index contributed by atoms with van der Waals surface area (Å²) in [7, 11) is 0. The van der Waals surface area contributed by atoms with Gasteiger partial charge in [-0.3, -0.25) is 19.2 Å². The molecule has 2 aliphatic rings. The van der Waals surface area contributed by atoms with Gasteiger partial charge in [-0.25, -0.2) is 28.1 Å². The van der Waals surface area contributed by atoms with Crippen molar-refractivity contribution >= 4 is 128 Å². The van der Waals surface area contributed by atoms with Crippen LogP contribution in [-0.2, 0) is 43.6 Å². The predicted octanol–water partition coefficient (Wildman–Crippen LogP) is 12.0. The number of allylic oxidation sites excluding steroid dienone is 2. The van der Waals surface area contributed by atoms with Crippen LogP contribution in [0.2, 0.25) is 0 Å². The van der Waals surface area contributed by atoms with Gasteiger partial charge < -0.3 is 14.2 Å². The molecule has 0 fully saturated rings. The Kier molecular flexibility index (Phi) is 10.5. The highest BCUT2D eigenvalue weighted by atomic mass is 32.1. The van der Waals surface area contributed by atoms with Gasteiger partial charge in [0.1, 0.15) is 19.8 Å². The zero-order chi connectivity index (χ0) is 48.5. The second-order valence-electron chi connectivity index (χ2n) is 16.8. The molecule has 0 amide bonds. The van der Waals surface area contributed by atoms with Crippen LogP contribution in [0.25, 0.3) is 64.2 Å². The third-order valence-corrected chi connectivity index (χ3v) is 14.9. The maximum absolute atomic E-state index is 15.1. The highest BCUT2D eigenvalue weighted by Gasteiger charge is 2.37. The number of carbonyl (C=O) groups is 7. The first-order valence-electron chi connectivity index (χ1n) is 22.2. The van der Waals surface area contributed by atoms with E-state index in [0.717, 1.165) is 0 Å². The van der Waals surface area contributed by atoms with Gasteiger partial charge in [-0.1, -0.05) is 140 Å². The molecule has 12 rings (SSSR count). The normalized spacial score (nSPS) is 14.4. The molecule has 2 aliphatic carbocycles. The number of hydrogen-bond acceptors (Lipinski definition) is 12. The molecule has 5 heterocycles. The van der Waals surface area contributed by atoms with Gasteiger partial charge in [0.25, 0.3) is 0 Å². The largest absolute Gasteiger partial charge is 0.444 e. The second kappa shape index (κ2) is 17.2. The third-order valence-electron chi connectivity index (χ3n) is 12.5. The molecule has 5 aromatic heterocycles. The minimum atomic E-state index is -0.847. The summed E-state index contributed by atoms with van der Waals surface area (Å²) < 4.78 is 24.2. The van der Waals surface area contributed by atoms with Crippen molar-refractivity contribution in [1.82, 2.24) is 13.7 Å². The van der Waals surface area contributed by atoms with Gasteiger partial charge in [-0.2, -0.15) is 0 Å². The van der Waals surface area contributed by atoms with E-state index in [2.05, 4.69) is 0 Å². The third kappa shape index (κ3) is 7.16. The number of carbonyl (C=O) groups excluding carboxylic acids is 7. The zero-order valence-electron chi connectivity index (χ0n) is 37.0. The van der Waals surface area contributed by atoms with E-state index in [9.17, 15) is 28.8 Å². The van der Waals surface area contributed by atoms with Gasteiger partial charge in [0.2, 0.25) is 23.1 Å². The van der Waals surface area contributed by atoms with Crippen molar-refractivity contribution in [3.63, 3.8) is 0 Å². The van der Waals surface area contributed by atoms with Crippen LogP contribution in [0.5, 0.6) is 0 Å². The van der Waals surface area contributed by atoms with Crippen LogP contribution in [0.3, 0.4) is 0 Å². The first-order chi connectivity index (χ1) is 34.6. The fourth-order valence-electron chi connectivity index (χ4n) is 9.27. The van der Waals surface area contributed by atoms with Crippen molar-refractivity contribution in [2.24, 2.45) is 0 Å². The maximum Gasteiger partial charge on any atom is 0.419 e. The molecule has 0 spiro atoms. The van der Waals surface area contributed by atoms with E-state index in [4.69, 9.17) is 14.2 Å². The number of nitrogens with zero attached hydrogens (tertiary/aromatic N) is 3. The fourth-order valence-corrected chi connectivity index (χ4v) is 11.8. The summed E-state index contributed by atoms with van der Waals surface area (Å²) in [4.78, 5) is 98.1. The smallest absolute Gasteiger partial charge is 0.419 e. The Morgan fingerprint density at radius 2 is 0.718 bits per heavy atom. The molecule has 0 bridgehead atoms. The van der Waals surface area contributed by atoms with E-state index in [1.807, 2.05) is 66.7 Å². The van der Waals surface area contributed by atoms with Crippen LogP contribution >= 0.6 is 22.7 Å². The molecule has 0 N–H and O–H groups in total. The molecule has 0 aliphatic heterocycles. The average Bonchev–Trinajstić information content (AvgIpc) is 4.26. The van der Waals surface area contributed by atoms with Crippen LogP contribution < -0.4 is 0 Å². The summed E-state index contributed by atoms with van der Waals surface area (Å²) in [5.41, 5.74) is 4.98. The first-order valence-corrected chi connectivity index (χ1v) is 23.9.